The number of ether oxygens (including phenoxy) is 1. The molecule has 0 unspecified atom stereocenters. The predicted molar refractivity (Wildman–Crippen MR) is 124 cm³/mol. The van der Waals surface area contributed by atoms with Gasteiger partial charge in [-0.15, -0.1) is 0 Å². The third-order valence-corrected chi connectivity index (χ3v) is 6.50. The number of carbonyl (C=O) groups is 1. The summed E-state index contributed by atoms with van der Waals surface area (Å²) in [5.74, 6) is 1.96. The van der Waals surface area contributed by atoms with E-state index in [1.807, 2.05) is 37.4 Å². The maximum atomic E-state index is 12.6. The van der Waals surface area contributed by atoms with Gasteiger partial charge in [0.15, 0.2) is 0 Å². The first-order chi connectivity index (χ1) is 14.6. The van der Waals surface area contributed by atoms with Crippen LogP contribution in [-0.2, 0) is 6.42 Å². The van der Waals surface area contributed by atoms with Crippen LogP contribution in [0.3, 0.4) is 0 Å². The SMILES string of the molecule is Cc1ccccc1CCC[C@H](CC1CCCCC1)CN(C)C(=O)Oc1ccccc1. The van der Waals surface area contributed by atoms with Crippen molar-refractivity contribution in [1.82, 2.24) is 4.90 Å². The molecule has 1 aliphatic rings. The number of amides is 1. The van der Waals surface area contributed by atoms with Gasteiger partial charge in [-0.2, -0.15) is 0 Å². The molecule has 0 spiro atoms. The highest BCUT2D eigenvalue weighted by molar-refractivity contribution is 5.70. The number of rotatable bonds is 9. The van der Waals surface area contributed by atoms with E-state index in [0.717, 1.165) is 25.3 Å². The molecular formula is C27H37NO2. The van der Waals surface area contributed by atoms with Gasteiger partial charge in [0.25, 0.3) is 0 Å². The largest absolute Gasteiger partial charge is 0.414 e. The summed E-state index contributed by atoms with van der Waals surface area (Å²) in [6.07, 6.45) is 11.3. The van der Waals surface area contributed by atoms with Crippen molar-refractivity contribution in [3.63, 3.8) is 0 Å². The Morgan fingerprint density at radius 1 is 1.03 bits per heavy atom. The summed E-state index contributed by atoms with van der Waals surface area (Å²) in [4.78, 5) is 14.4. The Hall–Kier alpha value is -2.29. The molecule has 3 nitrogen and oxygen atoms in total. The standard InChI is InChI=1S/C27H37NO2/c1-22-12-9-10-16-25(22)17-11-15-24(20-23-13-5-3-6-14-23)21-28(2)27(29)30-26-18-7-4-8-19-26/h4,7-10,12,16,18-19,23-24H,3,5-6,11,13-15,17,20-21H2,1-2H3/t24-/m1/s1. The normalized spacial score (nSPS) is 15.5. The molecule has 0 bridgehead atoms. The molecule has 0 radical (unpaired) electrons. The van der Waals surface area contributed by atoms with E-state index in [0.29, 0.717) is 11.7 Å². The summed E-state index contributed by atoms with van der Waals surface area (Å²) in [6, 6.07) is 18.0. The van der Waals surface area contributed by atoms with Gasteiger partial charge >= 0.3 is 6.09 Å². The minimum Gasteiger partial charge on any atom is -0.410 e. The molecular weight excluding hydrogens is 370 g/mol. The van der Waals surface area contributed by atoms with Crippen molar-refractivity contribution < 1.29 is 9.53 Å². The fraction of sp³-hybridized carbons (Fsp3) is 0.519. The number of carbonyl (C=O) groups excluding carboxylic acids is 1. The Kier molecular flexibility index (Phi) is 8.80. The minimum absolute atomic E-state index is 0.256. The van der Waals surface area contributed by atoms with Crippen LogP contribution in [0.2, 0.25) is 0 Å². The van der Waals surface area contributed by atoms with Gasteiger partial charge in [-0.1, -0.05) is 74.6 Å². The molecule has 162 valence electrons. The lowest BCUT2D eigenvalue weighted by molar-refractivity contribution is 0.148. The molecule has 3 rings (SSSR count). The molecule has 3 heteroatoms. The topological polar surface area (TPSA) is 29.5 Å². The first-order valence-electron chi connectivity index (χ1n) is 11.6. The van der Waals surface area contributed by atoms with Crippen LogP contribution in [0.4, 0.5) is 4.79 Å². The molecule has 0 heterocycles. The van der Waals surface area contributed by atoms with Crippen LogP contribution in [-0.4, -0.2) is 24.6 Å². The number of hydrogen-bond donors (Lipinski definition) is 0. The van der Waals surface area contributed by atoms with Crippen LogP contribution in [0.15, 0.2) is 54.6 Å². The molecule has 2 aromatic rings. The number of hydrogen-bond acceptors (Lipinski definition) is 2. The molecule has 0 aliphatic heterocycles. The quantitative estimate of drug-likeness (QED) is 0.446. The highest BCUT2D eigenvalue weighted by atomic mass is 16.6. The first kappa shape index (κ1) is 22.4. The second-order valence-electron chi connectivity index (χ2n) is 8.99. The highest BCUT2D eigenvalue weighted by Crippen LogP contribution is 2.31. The summed E-state index contributed by atoms with van der Waals surface area (Å²) in [5.41, 5.74) is 2.83. The fourth-order valence-corrected chi connectivity index (χ4v) is 4.78. The predicted octanol–water partition coefficient (Wildman–Crippen LogP) is 7.04. The Balaban J connectivity index is 1.55. The van der Waals surface area contributed by atoms with Crippen molar-refractivity contribution in [2.45, 2.75) is 64.7 Å². The van der Waals surface area contributed by atoms with E-state index in [1.54, 1.807) is 4.90 Å². The maximum absolute atomic E-state index is 12.6. The summed E-state index contributed by atoms with van der Waals surface area (Å²) in [6.45, 7) is 2.97. The van der Waals surface area contributed by atoms with Crippen molar-refractivity contribution in [2.24, 2.45) is 11.8 Å². The molecule has 1 fully saturated rings. The smallest absolute Gasteiger partial charge is 0.410 e. The third kappa shape index (κ3) is 7.19. The third-order valence-electron chi connectivity index (χ3n) is 6.50. The van der Waals surface area contributed by atoms with Gasteiger partial charge in [0.05, 0.1) is 0 Å². The molecule has 0 N–H and O–H groups in total. The Bertz CT molecular complexity index is 767. The van der Waals surface area contributed by atoms with Crippen molar-refractivity contribution in [2.75, 3.05) is 13.6 Å². The van der Waals surface area contributed by atoms with Gasteiger partial charge in [0.2, 0.25) is 0 Å². The van der Waals surface area contributed by atoms with E-state index < -0.39 is 0 Å². The van der Waals surface area contributed by atoms with Crippen LogP contribution in [0.25, 0.3) is 0 Å². The summed E-state index contributed by atoms with van der Waals surface area (Å²) < 4.78 is 5.54. The highest BCUT2D eigenvalue weighted by Gasteiger charge is 2.22. The van der Waals surface area contributed by atoms with E-state index in [2.05, 4.69) is 31.2 Å². The van der Waals surface area contributed by atoms with Gasteiger partial charge < -0.3 is 9.64 Å². The molecule has 30 heavy (non-hydrogen) atoms. The van der Waals surface area contributed by atoms with E-state index in [-0.39, 0.29) is 6.09 Å². The van der Waals surface area contributed by atoms with Crippen molar-refractivity contribution >= 4 is 6.09 Å². The van der Waals surface area contributed by atoms with Gasteiger partial charge in [0.1, 0.15) is 5.75 Å². The number of nitrogens with zero attached hydrogens (tertiary/aromatic N) is 1. The lowest BCUT2D eigenvalue weighted by atomic mass is 9.81. The summed E-state index contributed by atoms with van der Waals surface area (Å²) in [5, 5.41) is 0. The van der Waals surface area contributed by atoms with E-state index in [4.69, 9.17) is 4.74 Å². The minimum atomic E-state index is -0.256. The molecule has 1 saturated carbocycles. The van der Waals surface area contributed by atoms with E-state index in [1.165, 1.54) is 56.1 Å². The molecule has 1 atom stereocenters. The number of para-hydroxylation sites is 1. The fourth-order valence-electron chi connectivity index (χ4n) is 4.78. The zero-order valence-electron chi connectivity index (χ0n) is 18.7. The second-order valence-corrected chi connectivity index (χ2v) is 8.99. The molecule has 0 saturated heterocycles. The summed E-state index contributed by atoms with van der Waals surface area (Å²) in [7, 11) is 1.88. The Morgan fingerprint density at radius 2 is 1.73 bits per heavy atom. The monoisotopic (exact) mass is 407 g/mol. The second kappa shape index (κ2) is 11.8. The van der Waals surface area contributed by atoms with Crippen LogP contribution in [0.5, 0.6) is 5.75 Å². The van der Waals surface area contributed by atoms with Crippen LogP contribution in [0, 0.1) is 18.8 Å². The maximum Gasteiger partial charge on any atom is 0.414 e. The zero-order valence-corrected chi connectivity index (χ0v) is 18.7. The van der Waals surface area contributed by atoms with Gasteiger partial charge in [-0.25, -0.2) is 4.79 Å². The van der Waals surface area contributed by atoms with Crippen LogP contribution < -0.4 is 4.74 Å². The van der Waals surface area contributed by atoms with Crippen LogP contribution >= 0.6 is 0 Å². The van der Waals surface area contributed by atoms with Crippen LogP contribution in [0.1, 0.15) is 62.5 Å². The molecule has 2 aromatic carbocycles. The Morgan fingerprint density at radius 3 is 2.47 bits per heavy atom. The molecule has 1 aliphatic carbocycles. The first-order valence-corrected chi connectivity index (χ1v) is 11.6. The molecule has 0 aromatic heterocycles. The van der Waals surface area contributed by atoms with E-state index >= 15 is 0 Å². The Labute approximate surface area is 182 Å². The van der Waals surface area contributed by atoms with Crippen molar-refractivity contribution in [3.8, 4) is 5.75 Å². The number of aryl methyl sites for hydroxylation is 2. The average Bonchev–Trinajstić information content (AvgIpc) is 2.76. The van der Waals surface area contributed by atoms with E-state index in [9.17, 15) is 4.79 Å². The average molecular weight is 408 g/mol. The lowest BCUT2D eigenvalue weighted by Gasteiger charge is -2.29. The van der Waals surface area contributed by atoms with Gasteiger partial charge in [-0.05, 0) is 67.7 Å². The van der Waals surface area contributed by atoms with Crippen molar-refractivity contribution in [3.05, 3.63) is 65.7 Å². The molecule has 1 amide bonds. The number of benzene rings is 2. The van der Waals surface area contributed by atoms with Gasteiger partial charge in [-0.3, -0.25) is 0 Å². The zero-order chi connectivity index (χ0) is 21.2. The van der Waals surface area contributed by atoms with Gasteiger partial charge in [0, 0.05) is 13.6 Å². The lowest BCUT2D eigenvalue weighted by Crippen LogP contribution is -2.35. The summed E-state index contributed by atoms with van der Waals surface area (Å²) >= 11 is 0. The van der Waals surface area contributed by atoms with Crippen molar-refractivity contribution in [1.29, 1.82) is 0 Å².